The van der Waals surface area contributed by atoms with Gasteiger partial charge in [0.05, 0.1) is 6.10 Å². The fourth-order valence-corrected chi connectivity index (χ4v) is 7.94. The third-order valence-corrected chi connectivity index (χ3v) is 9.63. The number of aliphatic hydroxyl groups excluding tert-OH is 1. The lowest BCUT2D eigenvalue weighted by atomic mass is 9.47. The minimum Gasteiger partial charge on any atom is -0.393 e. The predicted molar refractivity (Wildman–Crippen MR) is 119 cm³/mol. The van der Waals surface area contributed by atoms with E-state index in [1.165, 1.54) is 32.1 Å². The first-order valence-corrected chi connectivity index (χ1v) is 12.4. The molecule has 7 atom stereocenters. The molecule has 4 aliphatic rings. The highest BCUT2D eigenvalue weighted by molar-refractivity contribution is 5.78. The molecule has 0 aromatic heterocycles. The van der Waals surface area contributed by atoms with Crippen LogP contribution in [0, 0.1) is 34.5 Å². The monoisotopic (exact) mass is 398 g/mol. The first kappa shape index (κ1) is 21.3. The summed E-state index contributed by atoms with van der Waals surface area (Å²) in [5.74, 6) is 3.34. The number of aliphatic hydroxyl groups is 1. The van der Waals surface area contributed by atoms with Crippen molar-refractivity contribution in [2.75, 3.05) is 0 Å². The molecule has 1 N–H and O–H groups in total. The zero-order valence-electron chi connectivity index (χ0n) is 19.2. The summed E-state index contributed by atoms with van der Waals surface area (Å²) >= 11 is 0. The molecule has 4 rings (SSSR count). The Labute approximate surface area is 178 Å². The lowest BCUT2D eigenvalue weighted by Gasteiger charge is -2.58. The van der Waals surface area contributed by atoms with E-state index < -0.39 is 0 Å². The van der Waals surface area contributed by atoms with Gasteiger partial charge in [-0.15, -0.1) is 0 Å². The van der Waals surface area contributed by atoms with E-state index in [-0.39, 0.29) is 6.10 Å². The first-order valence-electron chi connectivity index (χ1n) is 12.4. The number of hydrogen-bond donors (Lipinski definition) is 1. The van der Waals surface area contributed by atoms with E-state index in [0.29, 0.717) is 22.5 Å². The quantitative estimate of drug-likeness (QED) is 0.510. The van der Waals surface area contributed by atoms with Crippen molar-refractivity contribution in [3.63, 3.8) is 0 Å². The van der Waals surface area contributed by atoms with Gasteiger partial charge in [-0.2, -0.15) is 0 Å². The molecule has 2 heteroatoms. The van der Waals surface area contributed by atoms with Gasteiger partial charge in [0.15, 0.2) is 0 Å². The average molecular weight is 399 g/mol. The topological polar surface area (TPSA) is 37.3 Å². The number of rotatable bonds is 6. The molecular weight excluding hydrogens is 356 g/mol. The summed E-state index contributed by atoms with van der Waals surface area (Å²) in [6, 6.07) is 0. The second-order valence-electron chi connectivity index (χ2n) is 11.2. The van der Waals surface area contributed by atoms with Crippen LogP contribution in [0.3, 0.4) is 0 Å². The smallest absolute Gasteiger partial charge is 0.132 e. The van der Waals surface area contributed by atoms with E-state index in [1.54, 1.807) is 11.1 Å². The van der Waals surface area contributed by atoms with Gasteiger partial charge in [0.25, 0.3) is 0 Å². The summed E-state index contributed by atoms with van der Waals surface area (Å²) in [7, 11) is 0. The third-order valence-electron chi connectivity index (χ3n) is 9.63. The summed E-state index contributed by atoms with van der Waals surface area (Å²) in [5.41, 5.74) is 3.90. The Morgan fingerprint density at radius 3 is 2.62 bits per heavy atom. The van der Waals surface area contributed by atoms with Crippen LogP contribution in [-0.4, -0.2) is 17.0 Å². The SMILES string of the molecule is CCCC(=O)CCC(C)C1=CC[C@H]2[C@@H]3CC=C4C[C@@H](O)CC[C@]4(C)[C@H]3CC[C@]12C. The van der Waals surface area contributed by atoms with Crippen molar-refractivity contribution < 1.29 is 9.90 Å². The van der Waals surface area contributed by atoms with Gasteiger partial charge in [-0.1, -0.05) is 51.0 Å². The summed E-state index contributed by atoms with van der Waals surface area (Å²) in [4.78, 5) is 12.1. The highest BCUT2D eigenvalue weighted by Crippen LogP contribution is 2.65. The molecule has 2 saturated carbocycles. The van der Waals surface area contributed by atoms with E-state index in [1.807, 2.05) is 0 Å². The molecule has 0 amide bonds. The maximum Gasteiger partial charge on any atom is 0.132 e. The molecule has 2 nitrogen and oxygen atoms in total. The molecule has 0 spiro atoms. The van der Waals surface area contributed by atoms with Crippen LogP contribution in [0.2, 0.25) is 0 Å². The standard InChI is InChI=1S/C27H42O2/c1-5-6-20(28)9-7-18(2)23-11-12-24-22-10-8-19-17-21(29)13-15-26(19,3)25(22)14-16-27(23,24)4/h8,11,18,21-22,24-25,29H,5-7,9-10,12-17H2,1-4H3/t18?,21-,22-,24-,25-,26-,27+/m0/s1. The van der Waals surface area contributed by atoms with Crippen LogP contribution in [0.15, 0.2) is 23.3 Å². The van der Waals surface area contributed by atoms with Crippen LogP contribution < -0.4 is 0 Å². The van der Waals surface area contributed by atoms with Crippen molar-refractivity contribution in [1.82, 2.24) is 0 Å². The molecule has 0 saturated heterocycles. The average Bonchev–Trinajstić information content (AvgIpc) is 3.04. The van der Waals surface area contributed by atoms with Gasteiger partial charge >= 0.3 is 0 Å². The number of allylic oxidation sites excluding steroid dienone is 3. The van der Waals surface area contributed by atoms with Crippen molar-refractivity contribution in [2.45, 2.75) is 104 Å². The summed E-state index contributed by atoms with van der Waals surface area (Å²) in [5, 5.41) is 10.2. The minimum absolute atomic E-state index is 0.115. The van der Waals surface area contributed by atoms with Gasteiger partial charge < -0.3 is 5.11 Å². The third kappa shape index (κ3) is 3.58. The van der Waals surface area contributed by atoms with Crippen molar-refractivity contribution in [3.05, 3.63) is 23.3 Å². The van der Waals surface area contributed by atoms with Crippen LogP contribution in [0.5, 0.6) is 0 Å². The summed E-state index contributed by atoms with van der Waals surface area (Å²) in [6.45, 7) is 9.52. The molecule has 1 unspecified atom stereocenters. The lowest BCUT2D eigenvalue weighted by Crippen LogP contribution is -2.50. The van der Waals surface area contributed by atoms with E-state index in [2.05, 4.69) is 39.8 Å². The van der Waals surface area contributed by atoms with Gasteiger partial charge in [0, 0.05) is 12.8 Å². The number of Topliss-reactive ketones (excluding diaryl/α,β-unsaturated/α-hetero) is 1. The van der Waals surface area contributed by atoms with E-state index in [0.717, 1.165) is 56.3 Å². The molecule has 2 fully saturated rings. The Balaban J connectivity index is 1.49. The number of fused-ring (bicyclic) bond motifs is 5. The molecule has 4 aliphatic carbocycles. The Hall–Kier alpha value is -0.890. The van der Waals surface area contributed by atoms with E-state index in [4.69, 9.17) is 0 Å². The van der Waals surface area contributed by atoms with Gasteiger partial charge in [-0.05, 0) is 92.3 Å². The fraction of sp³-hybridized carbons (Fsp3) is 0.815. The van der Waals surface area contributed by atoms with Gasteiger partial charge in [0.2, 0.25) is 0 Å². The van der Waals surface area contributed by atoms with Gasteiger partial charge in [0.1, 0.15) is 5.78 Å². The number of carbonyl (C=O) groups excluding carboxylic acids is 1. The molecule has 0 radical (unpaired) electrons. The van der Waals surface area contributed by atoms with E-state index >= 15 is 0 Å². The van der Waals surface area contributed by atoms with Crippen LogP contribution in [0.1, 0.15) is 98.3 Å². The number of ketones is 1. The predicted octanol–water partition coefficient (Wildman–Crippen LogP) is 6.63. The van der Waals surface area contributed by atoms with Crippen molar-refractivity contribution in [2.24, 2.45) is 34.5 Å². The minimum atomic E-state index is -0.115. The lowest BCUT2D eigenvalue weighted by molar-refractivity contribution is -0.119. The molecule has 0 aliphatic heterocycles. The van der Waals surface area contributed by atoms with Crippen LogP contribution >= 0.6 is 0 Å². The Morgan fingerprint density at radius 2 is 1.86 bits per heavy atom. The maximum absolute atomic E-state index is 12.1. The maximum atomic E-state index is 12.1. The Bertz CT molecular complexity index is 703. The molecule has 0 aromatic carbocycles. The van der Waals surface area contributed by atoms with Gasteiger partial charge in [-0.25, -0.2) is 0 Å². The van der Waals surface area contributed by atoms with Gasteiger partial charge in [-0.3, -0.25) is 4.79 Å². The molecule has 0 aromatic rings. The Kier molecular flexibility index (Phi) is 5.88. The Morgan fingerprint density at radius 1 is 1.10 bits per heavy atom. The van der Waals surface area contributed by atoms with Crippen molar-refractivity contribution in [3.8, 4) is 0 Å². The molecule has 29 heavy (non-hydrogen) atoms. The highest BCUT2D eigenvalue weighted by Gasteiger charge is 2.56. The number of carbonyl (C=O) groups is 1. The summed E-state index contributed by atoms with van der Waals surface area (Å²) < 4.78 is 0. The zero-order valence-corrected chi connectivity index (χ0v) is 19.2. The van der Waals surface area contributed by atoms with Crippen LogP contribution in [0.25, 0.3) is 0 Å². The number of hydrogen-bond acceptors (Lipinski definition) is 2. The molecule has 162 valence electrons. The van der Waals surface area contributed by atoms with Crippen LogP contribution in [-0.2, 0) is 4.79 Å². The molecule has 0 bridgehead atoms. The second-order valence-corrected chi connectivity index (χ2v) is 11.2. The fourth-order valence-electron chi connectivity index (χ4n) is 7.94. The van der Waals surface area contributed by atoms with Crippen LogP contribution in [0.4, 0.5) is 0 Å². The normalized spacial score (nSPS) is 42.2. The van der Waals surface area contributed by atoms with Crippen molar-refractivity contribution >= 4 is 5.78 Å². The zero-order chi connectivity index (χ0) is 20.8. The van der Waals surface area contributed by atoms with E-state index in [9.17, 15) is 9.90 Å². The summed E-state index contributed by atoms with van der Waals surface area (Å²) in [6.07, 6.45) is 16.7. The van der Waals surface area contributed by atoms with Crippen molar-refractivity contribution in [1.29, 1.82) is 0 Å². The molecule has 0 heterocycles. The second kappa shape index (κ2) is 7.98. The first-order chi connectivity index (χ1) is 13.8. The highest BCUT2D eigenvalue weighted by atomic mass is 16.3. The largest absolute Gasteiger partial charge is 0.393 e. The molecular formula is C27H42O2.